The second-order valence-electron chi connectivity index (χ2n) is 28.3. The van der Waals surface area contributed by atoms with Gasteiger partial charge in [-0.3, -0.25) is 0 Å². The molecule has 0 saturated heterocycles. The SMILES string of the molecule is Cc1cc2c(cc1N1c3ccc(C(C)(C)C)cc3B3c4oc5cc6c(cc5c4N(c4ccc5c(c4)C(C)(C)CCC5(C)C)c4cc(C(C)(C)C)cc1c43)C1(C)CCC6(C)C1)C(C)(C)CCC2(C)C. The number of furan rings is 1. The second-order valence-corrected chi connectivity index (χ2v) is 28.3. The van der Waals surface area contributed by atoms with Gasteiger partial charge in [0.2, 0.25) is 0 Å². The quantitative estimate of drug-likeness (QED) is 0.161. The fraction of sp³-hybridized carbons (Fsp3) is 0.500. The van der Waals surface area contributed by atoms with Crippen molar-refractivity contribution in [2.24, 2.45) is 0 Å². The number of hydrogen-bond acceptors (Lipinski definition) is 3. The Hall–Kier alpha value is -4.70. The third-order valence-electron chi connectivity index (χ3n) is 19.3. The van der Waals surface area contributed by atoms with Gasteiger partial charge in [-0.25, -0.2) is 0 Å². The Morgan fingerprint density at radius 2 is 1.03 bits per heavy atom. The molecule has 3 heterocycles. The summed E-state index contributed by atoms with van der Waals surface area (Å²) in [5.41, 5.74) is 26.1. The summed E-state index contributed by atoms with van der Waals surface area (Å²) in [6.45, 7) is 41.4. The van der Waals surface area contributed by atoms with Gasteiger partial charge in [-0.2, -0.15) is 0 Å². The van der Waals surface area contributed by atoms with Crippen LogP contribution in [0.1, 0.15) is 206 Å². The molecule has 6 aromatic rings. The average Bonchev–Trinajstić information content (AvgIpc) is 3.86. The van der Waals surface area contributed by atoms with Crippen LogP contribution >= 0.6 is 0 Å². The van der Waals surface area contributed by atoms with Crippen molar-refractivity contribution >= 4 is 68.4 Å². The van der Waals surface area contributed by atoms with Crippen LogP contribution < -0.4 is 26.4 Å². The summed E-state index contributed by atoms with van der Waals surface area (Å²) < 4.78 is 7.70. The van der Waals surface area contributed by atoms with Crippen LogP contribution in [0, 0.1) is 6.92 Å². The molecule has 2 aliphatic heterocycles. The van der Waals surface area contributed by atoms with Crippen molar-refractivity contribution in [3.8, 4) is 0 Å². The van der Waals surface area contributed by atoms with E-state index >= 15 is 0 Å². The summed E-state index contributed by atoms with van der Waals surface area (Å²) in [6.07, 6.45) is 8.47. The van der Waals surface area contributed by atoms with Crippen LogP contribution in [0.25, 0.3) is 11.0 Å². The molecule has 4 aliphatic carbocycles. The number of benzene rings is 5. The molecule has 4 heteroatoms. The van der Waals surface area contributed by atoms with Gasteiger partial charge in [-0.15, -0.1) is 0 Å². The zero-order valence-electron chi connectivity index (χ0n) is 44.8. The summed E-state index contributed by atoms with van der Waals surface area (Å²) in [5, 5.41) is 1.26. The van der Waals surface area contributed by atoms with Gasteiger partial charge in [-0.1, -0.05) is 135 Å². The van der Waals surface area contributed by atoms with E-state index in [-0.39, 0.29) is 50.0 Å². The molecule has 1 saturated carbocycles. The molecule has 2 atom stereocenters. The maximum Gasteiger partial charge on any atom is 0.297 e. The van der Waals surface area contributed by atoms with Gasteiger partial charge < -0.3 is 14.2 Å². The Balaban J connectivity index is 1.22. The Morgan fingerprint density at radius 1 is 0.485 bits per heavy atom. The highest BCUT2D eigenvalue weighted by Gasteiger charge is 2.55. The molecule has 6 aliphatic rings. The van der Waals surface area contributed by atoms with Gasteiger partial charge in [0.25, 0.3) is 6.71 Å². The molecule has 0 amide bonds. The first-order valence-corrected chi connectivity index (χ1v) is 26.4. The zero-order chi connectivity index (χ0) is 48.4. The first-order chi connectivity index (χ1) is 31.5. The lowest BCUT2D eigenvalue weighted by Crippen LogP contribution is -2.61. The molecule has 352 valence electrons. The fourth-order valence-corrected chi connectivity index (χ4v) is 14.7. The first kappa shape index (κ1) is 44.5. The van der Waals surface area contributed by atoms with Crippen molar-refractivity contribution < 1.29 is 4.42 Å². The number of fused-ring (bicyclic) bond motifs is 13. The summed E-state index contributed by atoms with van der Waals surface area (Å²) in [5.74, 6) is 0. The van der Waals surface area contributed by atoms with Gasteiger partial charge in [0, 0.05) is 33.8 Å². The van der Waals surface area contributed by atoms with Crippen LogP contribution in [-0.2, 0) is 43.3 Å². The number of rotatable bonds is 2. The normalized spacial score (nSPS) is 24.3. The molecule has 1 aromatic heterocycles. The minimum Gasteiger partial charge on any atom is -0.468 e. The minimum atomic E-state index is -0.115. The largest absolute Gasteiger partial charge is 0.468 e. The lowest BCUT2D eigenvalue weighted by Gasteiger charge is -2.46. The van der Waals surface area contributed by atoms with Crippen LogP contribution in [0.2, 0.25) is 0 Å². The zero-order valence-corrected chi connectivity index (χ0v) is 44.8. The van der Waals surface area contributed by atoms with Gasteiger partial charge in [0.15, 0.2) is 0 Å². The maximum atomic E-state index is 7.70. The van der Waals surface area contributed by atoms with Crippen molar-refractivity contribution in [1.82, 2.24) is 0 Å². The number of nitrogens with zero attached hydrogens (tertiary/aromatic N) is 2. The van der Waals surface area contributed by atoms with E-state index in [0.29, 0.717) is 0 Å². The molecule has 5 aromatic carbocycles. The third kappa shape index (κ3) is 6.03. The van der Waals surface area contributed by atoms with Crippen molar-refractivity contribution in [3.63, 3.8) is 0 Å². The summed E-state index contributed by atoms with van der Waals surface area (Å²) >= 11 is 0. The van der Waals surface area contributed by atoms with E-state index in [0.717, 1.165) is 11.2 Å². The highest BCUT2D eigenvalue weighted by molar-refractivity contribution is 7.00. The molecule has 68 heavy (non-hydrogen) atoms. The van der Waals surface area contributed by atoms with E-state index in [2.05, 4.69) is 200 Å². The predicted octanol–water partition coefficient (Wildman–Crippen LogP) is 15.8. The minimum absolute atomic E-state index is 0.0392. The average molecular weight is 901 g/mol. The number of hydrogen-bond donors (Lipinski definition) is 0. The molecule has 0 radical (unpaired) electrons. The van der Waals surface area contributed by atoms with E-state index in [4.69, 9.17) is 4.42 Å². The van der Waals surface area contributed by atoms with Gasteiger partial charge in [0.05, 0.1) is 11.3 Å². The predicted molar refractivity (Wildman–Crippen MR) is 291 cm³/mol. The smallest absolute Gasteiger partial charge is 0.297 e. The Bertz CT molecular complexity index is 3200. The summed E-state index contributed by atoms with van der Waals surface area (Å²) in [7, 11) is 0. The van der Waals surface area contributed by atoms with Crippen molar-refractivity contribution in [1.29, 1.82) is 0 Å². The van der Waals surface area contributed by atoms with E-state index in [9.17, 15) is 0 Å². The van der Waals surface area contributed by atoms with E-state index in [1.807, 2.05) is 0 Å². The topological polar surface area (TPSA) is 19.6 Å². The number of anilines is 6. The lowest BCUT2D eigenvalue weighted by atomic mass is 9.35. The molecule has 2 bridgehead atoms. The van der Waals surface area contributed by atoms with Crippen LogP contribution in [-0.4, -0.2) is 6.71 Å². The fourth-order valence-electron chi connectivity index (χ4n) is 14.7. The molecule has 1 fully saturated rings. The molecule has 3 nitrogen and oxygen atoms in total. The molecule has 0 N–H and O–H groups in total. The van der Waals surface area contributed by atoms with Crippen LogP contribution in [0.4, 0.5) is 34.1 Å². The van der Waals surface area contributed by atoms with Crippen molar-refractivity contribution in [3.05, 3.63) is 123 Å². The van der Waals surface area contributed by atoms with Crippen LogP contribution in [0.15, 0.2) is 77.2 Å². The first-order valence-electron chi connectivity index (χ1n) is 26.4. The van der Waals surface area contributed by atoms with Crippen molar-refractivity contribution in [2.75, 3.05) is 9.80 Å². The van der Waals surface area contributed by atoms with Crippen LogP contribution in [0.3, 0.4) is 0 Å². The van der Waals surface area contributed by atoms with E-state index in [1.54, 1.807) is 5.56 Å². The second kappa shape index (κ2) is 13.4. The maximum absolute atomic E-state index is 7.70. The summed E-state index contributed by atoms with van der Waals surface area (Å²) in [4.78, 5) is 5.38. The molecular weight excluding hydrogens is 824 g/mol. The van der Waals surface area contributed by atoms with Gasteiger partial charge in [0.1, 0.15) is 5.58 Å². The van der Waals surface area contributed by atoms with E-state index < -0.39 is 0 Å². The Morgan fingerprint density at radius 3 is 1.63 bits per heavy atom. The van der Waals surface area contributed by atoms with Gasteiger partial charge in [-0.05, 0) is 205 Å². The third-order valence-corrected chi connectivity index (χ3v) is 19.3. The standard InChI is InChI=1S/C64H77BN2O/c1-37-28-43-45(62(14,15)25-24-60(43,10)11)34-50(37)67-49-21-18-38(57(2,3)4)29-48(49)65-54-51(30-39(31-52(54)67)58(5,6)7)66(40-19-20-42-44(32-40)61(12,13)23-22-59(42,8)9)55-41-33-46-47(35-53(41)68-56(55)65)64(17)27-26-63(46,16)36-64/h18-21,28-35H,22-27,36H2,1-17H3. The highest BCUT2D eigenvalue weighted by atomic mass is 16.3. The molecular formula is C64H77BN2O. The number of aryl methyl sites for hydroxylation is 1. The van der Waals surface area contributed by atoms with E-state index in [1.165, 1.54) is 140 Å². The Kier molecular flexibility index (Phi) is 8.76. The monoisotopic (exact) mass is 901 g/mol. The van der Waals surface area contributed by atoms with Crippen LogP contribution in [0.5, 0.6) is 0 Å². The lowest BCUT2D eigenvalue weighted by molar-refractivity contribution is 0.332. The molecule has 0 spiro atoms. The highest BCUT2D eigenvalue weighted by Crippen LogP contribution is 2.62. The molecule has 12 rings (SSSR count). The van der Waals surface area contributed by atoms with Gasteiger partial charge >= 0.3 is 0 Å². The van der Waals surface area contributed by atoms with Crippen molar-refractivity contribution in [2.45, 2.75) is 206 Å². The molecule has 2 unspecified atom stereocenters. The summed E-state index contributed by atoms with van der Waals surface area (Å²) in [6, 6.07) is 30.4. The Labute approximate surface area is 409 Å².